The van der Waals surface area contributed by atoms with E-state index < -0.39 is 23.6 Å². The number of ether oxygens (including phenoxy) is 2. The molecule has 2 rings (SSSR count). The number of hydrogen-bond donors (Lipinski definition) is 1. The molecule has 0 aliphatic carbocycles. The molecule has 1 heterocycles. The van der Waals surface area contributed by atoms with Crippen LogP contribution in [0.4, 0.5) is 8.78 Å². The molecule has 1 atom stereocenters. The van der Waals surface area contributed by atoms with Crippen LogP contribution in [0.25, 0.3) is 0 Å². The van der Waals surface area contributed by atoms with Crippen molar-refractivity contribution in [2.45, 2.75) is 44.9 Å². The highest BCUT2D eigenvalue weighted by Gasteiger charge is 2.28. The second kappa shape index (κ2) is 10.2. The Labute approximate surface area is 157 Å². The first-order valence-corrected chi connectivity index (χ1v) is 9.93. The van der Waals surface area contributed by atoms with Crippen molar-refractivity contribution in [2.24, 2.45) is 5.73 Å². The number of nitrogens with zero attached hydrogens (tertiary/aromatic N) is 1. The summed E-state index contributed by atoms with van der Waals surface area (Å²) in [5.74, 6) is -2.09. The number of halogens is 2. The van der Waals surface area contributed by atoms with Crippen LogP contribution < -0.4 is 5.73 Å². The Morgan fingerprint density at radius 1 is 1.38 bits per heavy atom. The van der Waals surface area contributed by atoms with Crippen LogP contribution in [0.5, 0.6) is 0 Å². The van der Waals surface area contributed by atoms with Crippen molar-refractivity contribution in [3.8, 4) is 0 Å². The van der Waals surface area contributed by atoms with Gasteiger partial charge in [0.2, 0.25) is 0 Å². The summed E-state index contributed by atoms with van der Waals surface area (Å²) in [4.78, 5) is 11.8. The number of rotatable bonds is 9. The summed E-state index contributed by atoms with van der Waals surface area (Å²) in [5, 5.41) is 0. The van der Waals surface area contributed by atoms with Gasteiger partial charge in [0.15, 0.2) is 6.10 Å². The molecule has 0 unspecified atom stereocenters. The van der Waals surface area contributed by atoms with E-state index in [1.54, 1.807) is 0 Å². The molecular formula is C18H26F2N2O3S. The fraction of sp³-hybridized carbons (Fsp3) is 0.611. The predicted molar refractivity (Wildman–Crippen MR) is 97.4 cm³/mol. The van der Waals surface area contributed by atoms with E-state index in [0.29, 0.717) is 26.1 Å². The Kier molecular flexibility index (Phi) is 8.27. The van der Waals surface area contributed by atoms with E-state index in [2.05, 4.69) is 0 Å². The van der Waals surface area contributed by atoms with Gasteiger partial charge in [-0.1, -0.05) is 18.9 Å². The van der Waals surface area contributed by atoms with Gasteiger partial charge in [0, 0.05) is 37.4 Å². The third-order valence-electron chi connectivity index (χ3n) is 4.28. The van der Waals surface area contributed by atoms with Gasteiger partial charge in [-0.05, 0) is 37.7 Å². The van der Waals surface area contributed by atoms with E-state index in [1.807, 2.05) is 17.5 Å². The van der Waals surface area contributed by atoms with E-state index in [0.717, 1.165) is 25.1 Å². The monoisotopic (exact) mass is 388 g/mol. The van der Waals surface area contributed by atoms with Gasteiger partial charge in [-0.2, -0.15) is 0 Å². The fourth-order valence-electron chi connectivity index (χ4n) is 2.90. The van der Waals surface area contributed by atoms with E-state index in [9.17, 15) is 13.6 Å². The number of amides is 1. The van der Waals surface area contributed by atoms with Crippen LogP contribution in [0.3, 0.4) is 0 Å². The summed E-state index contributed by atoms with van der Waals surface area (Å²) >= 11 is 1.48. The largest absolute Gasteiger partial charge is 0.381 e. The molecule has 0 bridgehead atoms. The van der Waals surface area contributed by atoms with Gasteiger partial charge in [-0.3, -0.25) is 4.79 Å². The maximum Gasteiger partial charge on any atom is 0.251 e. The van der Waals surface area contributed by atoms with E-state index in [1.165, 1.54) is 11.9 Å². The lowest BCUT2D eigenvalue weighted by molar-refractivity contribution is -0.138. The van der Waals surface area contributed by atoms with Crippen LogP contribution in [-0.2, 0) is 20.8 Å². The molecular weight excluding hydrogens is 362 g/mol. The average molecular weight is 388 g/mol. The molecule has 0 saturated carbocycles. The Balaban J connectivity index is 2.20. The molecule has 1 saturated heterocycles. The highest BCUT2D eigenvalue weighted by Crippen LogP contribution is 2.28. The standard InChI is InChI=1S/C18H26F2N2O3S/c1-3-6-22(26-2)11-12-9-16(20)14(10-15(12)19)17(18(21)23)25-13-4-7-24-8-5-13/h9-10,13,17H,3-8,11H2,1-2H3,(H2,21,23)/t17-/m1/s1. The molecule has 1 amide bonds. The number of benzene rings is 1. The summed E-state index contributed by atoms with van der Waals surface area (Å²) in [6.45, 7) is 4.08. The SMILES string of the molecule is CCCN(Cc1cc(F)c([C@@H](OC2CCOCC2)C(N)=O)cc1F)SC. The van der Waals surface area contributed by atoms with Gasteiger partial charge in [0.05, 0.1) is 6.10 Å². The van der Waals surface area contributed by atoms with Crippen molar-refractivity contribution in [2.75, 3.05) is 26.0 Å². The van der Waals surface area contributed by atoms with Crippen molar-refractivity contribution < 1.29 is 23.0 Å². The first-order valence-electron chi connectivity index (χ1n) is 8.75. The van der Waals surface area contributed by atoms with Gasteiger partial charge in [0.1, 0.15) is 11.6 Å². The second-order valence-electron chi connectivity index (χ2n) is 6.24. The minimum absolute atomic E-state index is 0.156. The molecule has 26 heavy (non-hydrogen) atoms. The maximum atomic E-state index is 14.6. The summed E-state index contributed by atoms with van der Waals surface area (Å²) in [6.07, 6.45) is 2.40. The molecule has 0 aromatic heterocycles. The molecule has 1 aliphatic heterocycles. The second-order valence-corrected chi connectivity index (χ2v) is 7.12. The fourth-order valence-corrected chi connectivity index (χ4v) is 3.53. The van der Waals surface area contributed by atoms with E-state index >= 15 is 0 Å². The smallest absolute Gasteiger partial charge is 0.251 e. The molecule has 2 N–H and O–H groups in total. The highest BCUT2D eigenvalue weighted by molar-refractivity contribution is 7.96. The predicted octanol–water partition coefficient (Wildman–Crippen LogP) is 3.18. The average Bonchev–Trinajstić information content (AvgIpc) is 2.62. The zero-order chi connectivity index (χ0) is 19.1. The molecule has 8 heteroatoms. The van der Waals surface area contributed by atoms with Crippen LogP contribution in [0.15, 0.2) is 12.1 Å². The Morgan fingerprint density at radius 3 is 2.65 bits per heavy atom. The molecule has 146 valence electrons. The molecule has 1 fully saturated rings. The van der Waals surface area contributed by atoms with Crippen LogP contribution in [0, 0.1) is 11.6 Å². The zero-order valence-corrected chi connectivity index (χ0v) is 16.0. The lowest BCUT2D eigenvalue weighted by atomic mass is 10.0. The summed E-state index contributed by atoms with van der Waals surface area (Å²) in [7, 11) is 0. The number of nitrogens with two attached hydrogens (primary N) is 1. The minimum Gasteiger partial charge on any atom is -0.381 e. The Hall–Kier alpha value is -1.22. The van der Waals surface area contributed by atoms with Crippen molar-refractivity contribution in [3.63, 3.8) is 0 Å². The third kappa shape index (κ3) is 5.64. The summed E-state index contributed by atoms with van der Waals surface area (Å²) < 4.78 is 42.0. The van der Waals surface area contributed by atoms with Crippen LogP contribution in [0.1, 0.15) is 43.4 Å². The van der Waals surface area contributed by atoms with Crippen LogP contribution in [-0.4, -0.2) is 42.3 Å². The first kappa shape index (κ1) is 21.1. The van der Waals surface area contributed by atoms with Gasteiger partial charge < -0.3 is 15.2 Å². The van der Waals surface area contributed by atoms with Crippen LogP contribution >= 0.6 is 11.9 Å². The topological polar surface area (TPSA) is 64.8 Å². The van der Waals surface area contributed by atoms with Gasteiger partial charge >= 0.3 is 0 Å². The zero-order valence-electron chi connectivity index (χ0n) is 15.2. The van der Waals surface area contributed by atoms with Gasteiger partial charge in [0.25, 0.3) is 5.91 Å². The molecule has 0 spiro atoms. The number of carbonyl (C=O) groups excluding carboxylic acids is 1. The summed E-state index contributed by atoms with van der Waals surface area (Å²) in [6, 6.07) is 2.16. The summed E-state index contributed by atoms with van der Waals surface area (Å²) in [5.41, 5.74) is 5.47. The van der Waals surface area contributed by atoms with Crippen molar-refractivity contribution in [3.05, 3.63) is 34.9 Å². The Bertz CT molecular complexity index is 612. The van der Waals surface area contributed by atoms with Crippen LogP contribution in [0.2, 0.25) is 0 Å². The van der Waals surface area contributed by atoms with E-state index in [-0.39, 0.29) is 23.8 Å². The van der Waals surface area contributed by atoms with Gasteiger partial charge in [-0.25, -0.2) is 13.1 Å². The molecule has 1 aliphatic rings. The van der Waals surface area contributed by atoms with Gasteiger partial charge in [-0.15, -0.1) is 0 Å². The normalized spacial score (nSPS) is 16.8. The highest BCUT2D eigenvalue weighted by atomic mass is 32.2. The molecule has 5 nitrogen and oxygen atoms in total. The van der Waals surface area contributed by atoms with Crippen molar-refractivity contribution in [1.82, 2.24) is 4.31 Å². The Morgan fingerprint density at radius 2 is 2.08 bits per heavy atom. The maximum absolute atomic E-state index is 14.6. The number of carbonyl (C=O) groups is 1. The van der Waals surface area contributed by atoms with Crippen molar-refractivity contribution >= 4 is 17.9 Å². The number of primary amides is 1. The first-order chi connectivity index (χ1) is 12.5. The lowest BCUT2D eigenvalue weighted by Gasteiger charge is -2.27. The molecule has 0 radical (unpaired) electrons. The quantitative estimate of drug-likeness (QED) is 0.658. The number of hydrogen-bond acceptors (Lipinski definition) is 5. The third-order valence-corrected chi connectivity index (χ3v) is 5.11. The minimum atomic E-state index is -1.31. The lowest BCUT2D eigenvalue weighted by Crippen LogP contribution is -2.32. The van der Waals surface area contributed by atoms with E-state index in [4.69, 9.17) is 15.2 Å². The molecule has 1 aromatic rings. The van der Waals surface area contributed by atoms with Crippen molar-refractivity contribution in [1.29, 1.82) is 0 Å². The molecule has 1 aromatic carbocycles.